The number of ether oxygens (including phenoxy) is 1. The van der Waals surface area contributed by atoms with E-state index in [1.165, 1.54) is 0 Å². The van der Waals surface area contributed by atoms with E-state index < -0.39 is 0 Å². The van der Waals surface area contributed by atoms with Gasteiger partial charge in [-0.3, -0.25) is 4.79 Å². The van der Waals surface area contributed by atoms with Crippen molar-refractivity contribution in [2.24, 2.45) is 5.92 Å². The van der Waals surface area contributed by atoms with Gasteiger partial charge in [0.25, 0.3) is 0 Å². The van der Waals surface area contributed by atoms with Gasteiger partial charge in [-0.05, 0) is 31.9 Å². The predicted molar refractivity (Wildman–Crippen MR) is 70.2 cm³/mol. The second kappa shape index (κ2) is 5.71. The summed E-state index contributed by atoms with van der Waals surface area (Å²) in [6.07, 6.45) is 3.56. The molecule has 2 heterocycles. The van der Waals surface area contributed by atoms with E-state index >= 15 is 0 Å². The first kappa shape index (κ1) is 12.7. The summed E-state index contributed by atoms with van der Waals surface area (Å²) in [4.78, 5) is 18.1. The van der Waals surface area contributed by atoms with E-state index in [9.17, 15) is 4.79 Å². The van der Waals surface area contributed by atoms with Crippen LogP contribution < -0.4 is 10.6 Å². The molecule has 0 aromatic carbocycles. The minimum Gasteiger partial charge on any atom is -0.466 e. The van der Waals surface area contributed by atoms with Crippen molar-refractivity contribution in [2.75, 3.05) is 30.3 Å². The number of pyridine rings is 1. The Labute approximate surface area is 107 Å². The van der Waals surface area contributed by atoms with Gasteiger partial charge in [0, 0.05) is 19.3 Å². The van der Waals surface area contributed by atoms with Gasteiger partial charge in [0.2, 0.25) is 0 Å². The minimum absolute atomic E-state index is 0.0693. The number of carbonyl (C=O) groups excluding carboxylic acids is 1. The Bertz CT molecular complexity index is 422. The highest BCUT2D eigenvalue weighted by Gasteiger charge is 2.28. The molecule has 5 heteroatoms. The first-order valence-electron chi connectivity index (χ1n) is 6.34. The van der Waals surface area contributed by atoms with Gasteiger partial charge >= 0.3 is 5.97 Å². The molecule has 2 rings (SSSR count). The molecule has 1 atom stereocenters. The van der Waals surface area contributed by atoms with Crippen molar-refractivity contribution in [3.05, 3.63) is 18.3 Å². The van der Waals surface area contributed by atoms with E-state index in [2.05, 4.69) is 9.88 Å². The molecule has 0 spiro atoms. The lowest BCUT2D eigenvalue weighted by atomic mass is 9.98. The van der Waals surface area contributed by atoms with Crippen LogP contribution in [0.4, 0.5) is 11.5 Å². The lowest BCUT2D eigenvalue weighted by Crippen LogP contribution is -2.40. The number of aromatic nitrogens is 1. The Balaban J connectivity index is 2.07. The number of nitrogens with two attached hydrogens (primary N) is 1. The molecular weight excluding hydrogens is 230 g/mol. The fourth-order valence-electron chi connectivity index (χ4n) is 2.30. The van der Waals surface area contributed by atoms with Gasteiger partial charge in [0.15, 0.2) is 5.82 Å². The molecule has 0 radical (unpaired) electrons. The van der Waals surface area contributed by atoms with Crippen LogP contribution in [0.5, 0.6) is 0 Å². The van der Waals surface area contributed by atoms with E-state index in [0.717, 1.165) is 25.2 Å². The number of hydrogen-bond acceptors (Lipinski definition) is 5. The molecule has 0 amide bonds. The number of nitrogen functional groups attached to an aromatic ring is 1. The molecule has 18 heavy (non-hydrogen) atoms. The van der Waals surface area contributed by atoms with Gasteiger partial charge in [-0.15, -0.1) is 0 Å². The molecule has 1 aliphatic heterocycles. The average molecular weight is 249 g/mol. The van der Waals surface area contributed by atoms with Crippen molar-refractivity contribution in [3.8, 4) is 0 Å². The summed E-state index contributed by atoms with van der Waals surface area (Å²) < 4.78 is 5.08. The van der Waals surface area contributed by atoms with Crippen LogP contribution in [0.2, 0.25) is 0 Å². The monoisotopic (exact) mass is 249 g/mol. The van der Waals surface area contributed by atoms with Gasteiger partial charge in [-0.2, -0.15) is 0 Å². The third-order valence-electron chi connectivity index (χ3n) is 3.16. The maximum Gasteiger partial charge on any atom is 0.310 e. The molecular formula is C13H19N3O2. The van der Waals surface area contributed by atoms with Crippen LogP contribution >= 0.6 is 0 Å². The Hall–Kier alpha value is -1.78. The summed E-state index contributed by atoms with van der Waals surface area (Å²) >= 11 is 0. The largest absolute Gasteiger partial charge is 0.466 e. The van der Waals surface area contributed by atoms with Crippen LogP contribution in [0.3, 0.4) is 0 Å². The number of rotatable bonds is 3. The molecule has 1 aliphatic rings. The highest BCUT2D eigenvalue weighted by molar-refractivity contribution is 5.74. The van der Waals surface area contributed by atoms with Gasteiger partial charge in [-0.1, -0.05) is 0 Å². The molecule has 98 valence electrons. The molecule has 0 bridgehead atoms. The fourth-order valence-corrected chi connectivity index (χ4v) is 2.30. The average Bonchev–Trinajstić information content (AvgIpc) is 2.40. The number of piperidine rings is 1. The van der Waals surface area contributed by atoms with Crippen molar-refractivity contribution in [1.82, 2.24) is 4.98 Å². The molecule has 2 N–H and O–H groups in total. The summed E-state index contributed by atoms with van der Waals surface area (Å²) in [6.45, 7) is 3.79. The number of anilines is 2. The third-order valence-corrected chi connectivity index (χ3v) is 3.16. The number of carbonyl (C=O) groups is 1. The van der Waals surface area contributed by atoms with Crippen molar-refractivity contribution in [1.29, 1.82) is 0 Å². The van der Waals surface area contributed by atoms with Crippen LogP contribution in [0.1, 0.15) is 19.8 Å². The molecule has 1 aromatic rings. The van der Waals surface area contributed by atoms with Crippen molar-refractivity contribution < 1.29 is 9.53 Å². The molecule has 1 saturated heterocycles. The van der Waals surface area contributed by atoms with Crippen molar-refractivity contribution in [2.45, 2.75) is 19.8 Å². The van der Waals surface area contributed by atoms with Gasteiger partial charge in [0.05, 0.1) is 18.2 Å². The van der Waals surface area contributed by atoms with E-state index in [-0.39, 0.29) is 11.9 Å². The van der Waals surface area contributed by atoms with Crippen LogP contribution in [0, 0.1) is 5.92 Å². The first-order valence-corrected chi connectivity index (χ1v) is 6.34. The first-order chi connectivity index (χ1) is 8.72. The Morgan fingerprint density at radius 2 is 2.50 bits per heavy atom. The lowest BCUT2D eigenvalue weighted by Gasteiger charge is -2.32. The van der Waals surface area contributed by atoms with Crippen LogP contribution in [-0.4, -0.2) is 30.6 Å². The fraction of sp³-hybridized carbons (Fsp3) is 0.538. The maximum atomic E-state index is 11.8. The highest BCUT2D eigenvalue weighted by atomic mass is 16.5. The second-order valence-corrected chi connectivity index (χ2v) is 4.45. The normalized spacial score (nSPS) is 19.6. The van der Waals surface area contributed by atoms with Crippen LogP contribution in [0.25, 0.3) is 0 Å². The van der Waals surface area contributed by atoms with E-state index in [4.69, 9.17) is 10.5 Å². The number of hydrogen-bond donors (Lipinski definition) is 1. The molecule has 0 aliphatic carbocycles. The van der Waals surface area contributed by atoms with Gasteiger partial charge < -0.3 is 15.4 Å². The molecule has 1 aromatic heterocycles. The quantitative estimate of drug-likeness (QED) is 0.821. The topological polar surface area (TPSA) is 68.5 Å². The van der Waals surface area contributed by atoms with Crippen LogP contribution in [0.15, 0.2) is 18.3 Å². The maximum absolute atomic E-state index is 11.8. The minimum atomic E-state index is -0.114. The molecule has 1 fully saturated rings. The summed E-state index contributed by atoms with van der Waals surface area (Å²) in [5.74, 6) is 0.586. The second-order valence-electron chi connectivity index (χ2n) is 4.45. The predicted octanol–water partition coefficient (Wildman–Crippen LogP) is 1.44. The Morgan fingerprint density at radius 3 is 3.22 bits per heavy atom. The lowest BCUT2D eigenvalue weighted by molar-refractivity contribution is -0.148. The zero-order valence-electron chi connectivity index (χ0n) is 10.6. The van der Waals surface area contributed by atoms with E-state index in [1.54, 1.807) is 6.20 Å². The number of esters is 1. The summed E-state index contributed by atoms with van der Waals surface area (Å²) in [5, 5.41) is 0. The highest BCUT2D eigenvalue weighted by Crippen LogP contribution is 2.26. The standard InChI is InChI=1S/C13H19N3O2/c1-2-18-13(17)10-5-4-8-16(9-10)12-11(14)6-3-7-15-12/h3,6-7,10H,2,4-5,8-9,14H2,1H3/t10-/m1/s1. The van der Waals surface area contributed by atoms with Crippen molar-refractivity contribution >= 4 is 17.5 Å². The zero-order valence-corrected chi connectivity index (χ0v) is 10.6. The van der Waals surface area contributed by atoms with Gasteiger partial charge in [0.1, 0.15) is 0 Å². The third kappa shape index (κ3) is 2.72. The van der Waals surface area contributed by atoms with Crippen LogP contribution in [-0.2, 0) is 9.53 Å². The summed E-state index contributed by atoms with van der Waals surface area (Å²) in [5.41, 5.74) is 6.57. The zero-order chi connectivity index (χ0) is 13.0. The van der Waals surface area contributed by atoms with Gasteiger partial charge in [-0.25, -0.2) is 4.98 Å². The smallest absolute Gasteiger partial charge is 0.310 e. The van der Waals surface area contributed by atoms with Crippen molar-refractivity contribution in [3.63, 3.8) is 0 Å². The number of nitrogens with zero attached hydrogens (tertiary/aromatic N) is 2. The van der Waals surface area contributed by atoms with E-state index in [0.29, 0.717) is 18.8 Å². The Morgan fingerprint density at radius 1 is 1.67 bits per heavy atom. The SMILES string of the molecule is CCOC(=O)[C@@H]1CCCN(c2ncccc2N)C1. The Kier molecular flexibility index (Phi) is 4.02. The van der Waals surface area contributed by atoms with E-state index in [1.807, 2.05) is 19.1 Å². The molecule has 0 saturated carbocycles. The molecule has 5 nitrogen and oxygen atoms in total. The summed E-state index contributed by atoms with van der Waals surface area (Å²) in [6, 6.07) is 3.64. The molecule has 0 unspecified atom stereocenters. The summed E-state index contributed by atoms with van der Waals surface area (Å²) in [7, 11) is 0.